The standard InChI is InChI=1S/C19H19N3O2/c23-18(12-22-5-1-2-6-22)9-17-8-16-7-14(19-11-20-13-24-19)3-4-15(16)10-21-17/h3-4,7-8,10-11,13H,1-2,5-6,9,12H2. The smallest absolute Gasteiger partial charge is 0.181 e. The predicted octanol–water partition coefficient (Wildman–Crippen LogP) is 3.10. The molecular formula is C19H19N3O2. The Bertz CT molecular complexity index is 852. The van der Waals surface area contributed by atoms with Crippen LogP contribution in [0.2, 0.25) is 0 Å². The van der Waals surface area contributed by atoms with Crippen LogP contribution in [0.25, 0.3) is 22.1 Å². The number of benzene rings is 1. The van der Waals surface area contributed by atoms with Gasteiger partial charge in [0.2, 0.25) is 0 Å². The van der Waals surface area contributed by atoms with E-state index in [9.17, 15) is 4.79 Å². The van der Waals surface area contributed by atoms with Gasteiger partial charge in [0.25, 0.3) is 0 Å². The van der Waals surface area contributed by atoms with Gasteiger partial charge in [-0.25, -0.2) is 4.98 Å². The van der Waals surface area contributed by atoms with Crippen molar-refractivity contribution in [1.82, 2.24) is 14.9 Å². The molecule has 0 spiro atoms. The summed E-state index contributed by atoms with van der Waals surface area (Å²) in [5.41, 5.74) is 1.79. The molecule has 1 fully saturated rings. The minimum Gasteiger partial charge on any atom is -0.444 e. The fraction of sp³-hybridized carbons (Fsp3) is 0.316. The third-order valence-electron chi connectivity index (χ3n) is 4.47. The molecule has 1 aromatic carbocycles. The van der Waals surface area contributed by atoms with E-state index in [0.717, 1.165) is 40.9 Å². The van der Waals surface area contributed by atoms with Crippen molar-refractivity contribution in [3.8, 4) is 11.3 Å². The van der Waals surface area contributed by atoms with E-state index in [-0.39, 0.29) is 5.78 Å². The van der Waals surface area contributed by atoms with Gasteiger partial charge in [-0.15, -0.1) is 0 Å². The van der Waals surface area contributed by atoms with Crippen molar-refractivity contribution in [3.63, 3.8) is 0 Å². The maximum Gasteiger partial charge on any atom is 0.181 e. The molecule has 4 rings (SSSR count). The van der Waals surface area contributed by atoms with Crippen LogP contribution in [-0.4, -0.2) is 40.3 Å². The molecular weight excluding hydrogens is 302 g/mol. The minimum atomic E-state index is 0.232. The number of hydrogen-bond donors (Lipinski definition) is 0. The quantitative estimate of drug-likeness (QED) is 0.723. The number of likely N-dealkylation sites (tertiary alicyclic amines) is 1. The molecule has 5 nitrogen and oxygen atoms in total. The van der Waals surface area contributed by atoms with E-state index in [1.54, 1.807) is 6.20 Å². The lowest BCUT2D eigenvalue weighted by atomic mass is 10.1. The van der Waals surface area contributed by atoms with Crippen LogP contribution in [-0.2, 0) is 11.2 Å². The zero-order valence-electron chi connectivity index (χ0n) is 13.4. The highest BCUT2D eigenvalue weighted by molar-refractivity contribution is 5.88. The van der Waals surface area contributed by atoms with Crippen molar-refractivity contribution in [1.29, 1.82) is 0 Å². The second-order valence-corrected chi connectivity index (χ2v) is 6.30. The largest absolute Gasteiger partial charge is 0.444 e. The Morgan fingerprint density at radius 1 is 1.12 bits per heavy atom. The zero-order chi connectivity index (χ0) is 16.4. The first kappa shape index (κ1) is 15.0. The third-order valence-corrected chi connectivity index (χ3v) is 4.47. The lowest BCUT2D eigenvalue weighted by molar-refractivity contribution is -0.119. The summed E-state index contributed by atoms with van der Waals surface area (Å²) >= 11 is 0. The van der Waals surface area contributed by atoms with Crippen molar-refractivity contribution in [2.75, 3.05) is 19.6 Å². The molecule has 24 heavy (non-hydrogen) atoms. The van der Waals surface area contributed by atoms with E-state index in [4.69, 9.17) is 4.42 Å². The van der Waals surface area contributed by atoms with Gasteiger partial charge in [-0.1, -0.05) is 12.1 Å². The Hall–Kier alpha value is -2.53. The van der Waals surface area contributed by atoms with E-state index in [0.29, 0.717) is 13.0 Å². The van der Waals surface area contributed by atoms with Gasteiger partial charge in [-0.05, 0) is 43.5 Å². The Kier molecular flexibility index (Phi) is 4.09. The first-order valence-corrected chi connectivity index (χ1v) is 8.29. The molecule has 1 aliphatic rings. The van der Waals surface area contributed by atoms with Gasteiger partial charge in [0.15, 0.2) is 17.9 Å². The number of pyridine rings is 1. The first-order valence-electron chi connectivity index (χ1n) is 8.29. The maximum absolute atomic E-state index is 12.3. The van der Waals surface area contributed by atoms with E-state index >= 15 is 0 Å². The van der Waals surface area contributed by atoms with Crippen LogP contribution in [0.5, 0.6) is 0 Å². The lowest BCUT2D eigenvalue weighted by Gasteiger charge is -2.13. The number of rotatable bonds is 5. The van der Waals surface area contributed by atoms with E-state index in [2.05, 4.69) is 14.9 Å². The van der Waals surface area contributed by atoms with E-state index in [1.165, 1.54) is 19.2 Å². The Labute approximate surface area is 140 Å². The fourth-order valence-corrected chi connectivity index (χ4v) is 3.24. The molecule has 3 aromatic rings. The summed E-state index contributed by atoms with van der Waals surface area (Å²) < 4.78 is 5.35. The number of aromatic nitrogens is 2. The Morgan fingerprint density at radius 3 is 2.79 bits per heavy atom. The van der Waals surface area contributed by atoms with Crippen LogP contribution in [0.15, 0.2) is 47.5 Å². The average molecular weight is 321 g/mol. The van der Waals surface area contributed by atoms with Gasteiger partial charge in [-0.3, -0.25) is 14.7 Å². The second-order valence-electron chi connectivity index (χ2n) is 6.30. The summed E-state index contributed by atoms with van der Waals surface area (Å²) in [6, 6.07) is 8.04. The Morgan fingerprint density at radius 2 is 2.00 bits per heavy atom. The molecule has 1 aliphatic heterocycles. The highest BCUT2D eigenvalue weighted by atomic mass is 16.3. The molecule has 0 radical (unpaired) electrons. The molecule has 2 aromatic heterocycles. The van der Waals surface area contributed by atoms with Crippen molar-refractivity contribution in [2.45, 2.75) is 19.3 Å². The van der Waals surface area contributed by atoms with Gasteiger partial charge in [0.1, 0.15) is 0 Å². The summed E-state index contributed by atoms with van der Waals surface area (Å²) in [7, 11) is 0. The third kappa shape index (κ3) is 3.21. The first-order chi connectivity index (χ1) is 11.8. The second kappa shape index (κ2) is 6.53. The number of Topliss-reactive ketones (excluding diaryl/α,β-unsaturated/α-hetero) is 1. The SMILES string of the molecule is O=C(Cc1cc2cc(-c3cnco3)ccc2cn1)CN1CCCC1. The van der Waals surface area contributed by atoms with Crippen LogP contribution in [0.4, 0.5) is 0 Å². The summed E-state index contributed by atoms with van der Waals surface area (Å²) in [5, 5.41) is 2.11. The molecule has 0 aliphatic carbocycles. The van der Waals surface area contributed by atoms with Crippen LogP contribution in [0, 0.1) is 0 Å². The van der Waals surface area contributed by atoms with Crippen LogP contribution in [0.1, 0.15) is 18.5 Å². The van der Waals surface area contributed by atoms with Gasteiger partial charge in [0.05, 0.1) is 19.2 Å². The average Bonchev–Trinajstić information content (AvgIpc) is 3.27. The normalized spacial score (nSPS) is 15.2. The zero-order valence-corrected chi connectivity index (χ0v) is 13.4. The van der Waals surface area contributed by atoms with E-state index < -0.39 is 0 Å². The monoisotopic (exact) mass is 321 g/mol. The number of nitrogens with zero attached hydrogens (tertiary/aromatic N) is 3. The Balaban J connectivity index is 1.54. The molecule has 0 unspecified atom stereocenters. The fourth-order valence-electron chi connectivity index (χ4n) is 3.24. The van der Waals surface area contributed by atoms with Crippen LogP contribution in [0.3, 0.4) is 0 Å². The summed E-state index contributed by atoms with van der Waals surface area (Å²) in [6.45, 7) is 2.62. The number of fused-ring (bicyclic) bond motifs is 1. The molecule has 3 heterocycles. The molecule has 1 saturated heterocycles. The predicted molar refractivity (Wildman–Crippen MR) is 91.6 cm³/mol. The van der Waals surface area contributed by atoms with E-state index in [1.807, 2.05) is 30.5 Å². The molecule has 0 amide bonds. The number of carbonyl (C=O) groups excluding carboxylic acids is 1. The van der Waals surface area contributed by atoms with Gasteiger partial charge < -0.3 is 4.42 Å². The van der Waals surface area contributed by atoms with Gasteiger partial charge in [-0.2, -0.15) is 0 Å². The van der Waals surface area contributed by atoms with Crippen molar-refractivity contribution < 1.29 is 9.21 Å². The number of hydrogen-bond acceptors (Lipinski definition) is 5. The highest BCUT2D eigenvalue weighted by Gasteiger charge is 2.15. The minimum absolute atomic E-state index is 0.232. The van der Waals surface area contributed by atoms with Crippen LogP contribution < -0.4 is 0 Å². The van der Waals surface area contributed by atoms with Crippen LogP contribution >= 0.6 is 0 Å². The van der Waals surface area contributed by atoms with Gasteiger partial charge in [0, 0.05) is 22.8 Å². The van der Waals surface area contributed by atoms with Crippen molar-refractivity contribution in [3.05, 3.63) is 48.7 Å². The summed E-state index contributed by atoms with van der Waals surface area (Å²) in [6.07, 6.45) is 7.74. The number of carbonyl (C=O) groups is 1. The molecule has 0 atom stereocenters. The molecule has 5 heteroatoms. The van der Waals surface area contributed by atoms with Crippen molar-refractivity contribution >= 4 is 16.6 Å². The number of ketones is 1. The molecule has 122 valence electrons. The molecule has 0 saturated carbocycles. The van der Waals surface area contributed by atoms with Gasteiger partial charge >= 0.3 is 0 Å². The topological polar surface area (TPSA) is 59.2 Å². The molecule has 0 bridgehead atoms. The summed E-state index contributed by atoms with van der Waals surface area (Å²) in [5.74, 6) is 0.968. The molecule has 0 N–H and O–H groups in total. The lowest BCUT2D eigenvalue weighted by Crippen LogP contribution is -2.27. The maximum atomic E-state index is 12.3. The number of oxazole rings is 1. The van der Waals surface area contributed by atoms with Crippen molar-refractivity contribution in [2.24, 2.45) is 0 Å². The summed E-state index contributed by atoms with van der Waals surface area (Å²) in [4.78, 5) is 22.9. The highest BCUT2D eigenvalue weighted by Crippen LogP contribution is 2.24.